The van der Waals surface area contributed by atoms with Crippen molar-refractivity contribution in [1.82, 2.24) is 0 Å². The van der Waals surface area contributed by atoms with Crippen LogP contribution in [0.25, 0.3) is 22.3 Å². The standard InChI is InChI=1S/C15H11NO3/c16-9-5-6-14-11(7-9)13(18)8-15(19-14)10-3-1-2-4-12(10)17/h1-8,17H,16H2. The van der Waals surface area contributed by atoms with Gasteiger partial charge in [-0.15, -0.1) is 0 Å². The average molecular weight is 253 g/mol. The highest BCUT2D eigenvalue weighted by molar-refractivity contribution is 5.82. The zero-order valence-electron chi connectivity index (χ0n) is 9.96. The average Bonchev–Trinajstić information content (AvgIpc) is 2.40. The van der Waals surface area contributed by atoms with Gasteiger partial charge in [-0.05, 0) is 30.3 Å². The highest BCUT2D eigenvalue weighted by Gasteiger charge is 2.10. The molecule has 3 rings (SSSR count). The molecular weight excluding hydrogens is 242 g/mol. The van der Waals surface area contributed by atoms with Gasteiger partial charge in [-0.3, -0.25) is 4.79 Å². The molecule has 0 aliphatic carbocycles. The summed E-state index contributed by atoms with van der Waals surface area (Å²) in [5.74, 6) is 0.404. The maximum atomic E-state index is 12.0. The van der Waals surface area contributed by atoms with Crippen LogP contribution in [0.15, 0.2) is 57.7 Å². The van der Waals surface area contributed by atoms with E-state index in [1.165, 1.54) is 6.07 Å². The minimum atomic E-state index is -0.188. The maximum absolute atomic E-state index is 12.0. The van der Waals surface area contributed by atoms with Crippen LogP contribution in [0.4, 0.5) is 5.69 Å². The Labute approximate surface area is 108 Å². The summed E-state index contributed by atoms with van der Waals surface area (Å²) in [5, 5.41) is 10.2. The van der Waals surface area contributed by atoms with Gasteiger partial charge in [0.15, 0.2) is 5.43 Å². The van der Waals surface area contributed by atoms with E-state index < -0.39 is 0 Å². The van der Waals surface area contributed by atoms with E-state index in [1.807, 2.05) is 0 Å². The van der Waals surface area contributed by atoms with Gasteiger partial charge < -0.3 is 15.3 Å². The summed E-state index contributed by atoms with van der Waals surface area (Å²) in [7, 11) is 0. The van der Waals surface area contributed by atoms with Crippen LogP contribution < -0.4 is 11.2 Å². The van der Waals surface area contributed by atoms with Crippen LogP contribution in [0.3, 0.4) is 0 Å². The quantitative estimate of drug-likeness (QED) is 0.654. The Bertz CT molecular complexity index is 821. The third-order valence-corrected chi connectivity index (χ3v) is 2.92. The lowest BCUT2D eigenvalue weighted by Gasteiger charge is -2.05. The van der Waals surface area contributed by atoms with Crippen molar-refractivity contribution in [2.75, 3.05) is 5.73 Å². The van der Waals surface area contributed by atoms with Crippen molar-refractivity contribution in [2.45, 2.75) is 0 Å². The molecule has 19 heavy (non-hydrogen) atoms. The van der Waals surface area contributed by atoms with Crippen molar-refractivity contribution >= 4 is 16.7 Å². The van der Waals surface area contributed by atoms with E-state index in [2.05, 4.69) is 0 Å². The molecule has 0 aliphatic rings. The molecule has 0 saturated heterocycles. The van der Waals surface area contributed by atoms with E-state index in [-0.39, 0.29) is 11.2 Å². The number of para-hydroxylation sites is 1. The first kappa shape index (κ1) is 11.3. The van der Waals surface area contributed by atoms with Crippen LogP contribution in [-0.4, -0.2) is 5.11 Å². The van der Waals surface area contributed by atoms with Crippen molar-refractivity contribution in [3.63, 3.8) is 0 Å². The number of hydrogen-bond acceptors (Lipinski definition) is 4. The highest BCUT2D eigenvalue weighted by atomic mass is 16.3. The van der Waals surface area contributed by atoms with E-state index in [0.29, 0.717) is 28.0 Å². The molecule has 4 nitrogen and oxygen atoms in total. The number of nitrogens with two attached hydrogens (primary N) is 1. The zero-order chi connectivity index (χ0) is 13.4. The van der Waals surface area contributed by atoms with Crippen LogP contribution in [0.5, 0.6) is 5.75 Å². The van der Waals surface area contributed by atoms with E-state index in [1.54, 1.807) is 42.5 Å². The molecule has 1 aromatic heterocycles. The Hall–Kier alpha value is -2.75. The van der Waals surface area contributed by atoms with Crippen LogP contribution in [0.2, 0.25) is 0 Å². The first-order valence-electron chi connectivity index (χ1n) is 5.77. The normalized spacial score (nSPS) is 10.7. The molecule has 3 aromatic rings. The summed E-state index contributed by atoms with van der Waals surface area (Å²) in [4.78, 5) is 12.0. The number of benzene rings is 2. The fourth-order valence-electron chi connectivity index (χ4n) is 1.99. The second-order valence-corrected chi connectivity index (χ2v) is 4.25. The molecule has 0 spiro atoms. The lowest BCUT2D eigenvalue weighted by molar-refractivity contribution is 0.474. The Morgan fingerprint density at radius 2 is 1.84 bits per heavy atom. The first-order valence-corrected chi connectivity index (χ1v) is 5.77. The van der Waals surface area contributed by atoms with Gasteiger partial charge in [-0.25, -0.2) is 0 Å². The van der Waals surface area contributed by atoms with E-state index in [4.69, 9.17) is 10.2 Å². The fraction of sp³-hybridized carbons (Fsp3) is 0. The zero-order valence-corrected chi connectivity index (χ0v) is 9.96. The van der Waals surface area contributed by atoms with Crippen LogP contribution in [-0.2, 0) is 0 Å². The molecular formula is C15H11NO3. The molecule has 4 heteroatoms. The maximum Gasteiger partial charge on any atom is 0.193 e. The molecule has 0 fully saturated rings. The summed E-state index contributed by atoms with van der Waals surface area (Å²) in [5.41, 5.74) is 6.90. The molecule has 2 aromatic carbocycles. The monoisotopic (exact) mass is 253 g/mol. The molecule has 0 unspecified atom stereocenters. The minimum Gasteiger partial charge on any atom is -0.507 e. The third-order valence-electron chi connectivity index (χ3n) is 2.92. The summed E-state index contributed by atoms with van der Waals surface area (Å²) in [6, 6.07) is 13.0. The van der Waals surface area contributed by atoms with Crippen LogP contribution >= 0.6 is 0 Å². The van der Waals surface area contributed by atoms with Gasteiger partial charge in [0.05, 0.1) is 10.9 Å². The lowest BCUT2D eigenvalue weighted by atomic mass is 10.1. The number of rotatable bonds is 1. The Morgan fingerprint density at radius 1 is 1.05 bits per heavy atom. The predicted octanol–water partition coefficient (Wildman–Crippen LogP) is 2.75. The highest BCUT2D eigenvalue weighted by Crippen LogP contribution is 2.29. The number of phenols is 1. The van der Waals surface area contributed by atoms with E-state index >= 15 is 0 Å². The van der Waals surface area contributed by atoms with Crippen molar-refractivity contribution in [3.05, 3.63) is 58.8 Å². The second kappa shape index (κ2) is 4.17. The van der Waals surface area contributed by atoms with Crippen LogP contribution in [0.1, 0.15) is 0 Å². The van der Waals surface area contributed by atoms with Crippen LogP contribution in [0, 0.1) is 0 Å². The van der Waals surface area contributed by atoms with Gasteiger partial charge in [0.1, 0.15) is 17.1 Å². The molecule has 94 valence electrons. The Kier molecular flexibility index (Phi) is 2.49. The molecule has 1 heterocycles. The number of nitrogen functional groups attached to an aromatic ring is 1. The molecule has 0 aliphatic heterocycles. The van der Waals surface area contributed by atoms with Gasteiger partial charge in [0, 0.05) is 11.8 Å². The Morgan fingerprint density at radius 3 is 2.63 bits per heavy atom. The second-order valence-electron chi connectivity index (χ2n) is 4.25. The van der Waals surface area contributed by atoms with Gasteiger partial charge in [-0.1, -0.05) is 12.1 Å². The van der Waals surface area contributed by atoms with Crippen molar-refractivity contribution in [1.29, 1.82) is 0 Å². The molecule has 0 saturated carbocycles. The number of anilines is 1. The van der Waals surface area contributed by atoms with Gasteiger partial charge in [0.2, 0.25) is 0 Å². The van der Waals surface area contributed by atoms with Crippen molar-refractivity contribution in [3.8, 4) is 17.1 Å². The van der Waals surface area contributed by atoms with Crippen molar-refractivity contribution in [2.24, 2.45) is 0 Å². The van der Waals surface area contributed by atoms with E-state index in [9.17, 15) is 9.90 Å². The molecule has 0 radical (unpaired) electrons. The summed E-state index contributed by atoms with van der Waals surface area (Å²) in [6.45, 7) is 0. The van der Waals surface area contributed by atoms with Gasteiger partial charge >= 0.3 is 0 Å². The minimum absolute atomic E-state index is 0.0699. The number of phenolic OH excluding ortho intramolecular Hbond substituents is 1. The molecule has 0 bridgehead atoms. The number of fused-ring (bicyclic) bond motifs is 1. The van der Waals surface area contributed by atoms with Crippen molar-refractivity contribution < 1.29 is 9.52 Å². The summed E-state index contributed by atoms with van der Waals surface area (Å²) in [6.07, 6.45) is 0. The third kappa shape index (κ3) is 1.93. The summed E-state index contributed by atoms with van der Waals surface area (Å²) >= 11 is 0. The topological polar surface area (TPSA) is 76.5 Å². The lowest BCUT2D eigenvalue weighted by Crippen LogP contribution is -2.01. The smallest absolute Gasteiger partial charge is 0.193 e. The van der Waals surface area contributed by atoms with Gasteiger partial charge in [0.25, 0.3) is 0 Å². The Balaban J connectivity index is 2.31. The SMILES string of the molecule is Nc1ccc2oc(-c3ccccc3O)cc(=O)c2c1. The molecule has 0 amide bonds. The van der Waals surface area contributed by atoms with E-state index in [0.717, 1.165) is 0 Å². The molecule has 3 N–H and O–H groups in total. The fourth-order valence-corrected chi connectivity index (χ4v) is 1.99. The number of aromatic hydroxyl groups is 1. The first-order chi connectivity index (χ1) is 9.15. The predicted molar refractivity (Wildman–Crippen MR) is 74.0 cm³/mol. The van der Waals surface area contributed by atoms with Gasteiger partial charge in [-0.2, -0.15) is 0 Å². The largest absolute Gasteiger partial charge is 0.507 e. The summed E-state index contributed by atoms with van der Waals surface area (Å²) < 4.78 is 5.65. The number of hydrogen-bond donors (Lipinski definition) is 2. The molecule has 0 atom stereocenters.